The maximum Gasteiger partial charge on any atom is 0.340 e. The van der Waals surface area contributed by atoms with Gasteiger partial charge in [0.25, 0.3) is 10.0 Å². The van der Waals surface area contributed by atoms with Crippen molar-refractivity contribution in [1.29, 1.82) is 5.26 Å². The Kier molecular flexibility index (Phi) is 3.23. The molecule has 23 heavy (non-hydrogen) atoms. The van der Waals surface area contributed by atoms with Crippen LogP contribution in [-0.2, 0) is 10.0 Å². The highest BCUT2D eigenvalue weighted by Gasteiger charge is 2.25. The lowest BCUT2D eigenvalue weighted by Gasteiger charge is -2.08. The number of aryl methyl sites for hydroxylation is 1. The number of nitrogens with one attached hydrogen (secondary N) is 1. The van der Waals surface area contributed by atoms with E-state index < -0.39 is 15.7 Å². The second-order valence-electron chi connectivity index (χ2n) is 5.03. The Morgan fingerprint density at radius 3 is 2.65 bits per heavy atom. The molecule has 0 aliphatic heterocycles. The average molecular weight is 328 g/mol. The Morgan fingerprint density at radius 1 is 1.26 bits per heavy atom. The third kappa shape index (κ3) is 2.18. The molecule has 0 aliphatic carbocycles. The standard InChI is InChI=1S/C15H12N4O3S/c1-9-6-12-13(7-11(9)17)19(15(20)18-12)23(21,22)14-5-3-2-4-10(14)8-16/h2-7H,17H2,1H3,(H,18,20). The van der Waals surface area contributed by atoms with Crippen LogP contribution in [0.1, 0.15) is 11.1 Å². The zero-order valence-corrected chi connectivity index (χ0v) is 12.9. The first-order valence-corrected chi connectivity index (χ1v) is 8.06. The molecule has 1 heterocycles. The molecular weight excluding hydrogens is 316 g/mol. The van der Waals surface area contributed by atoms with Gasteiger partial charge in [-0.2, -0.15) is 9.23 Å². The summed E-state index contributed by atoms with van der Waals surface area (Å²) in [4.78, 5) is 14.5. The molecule has 8 heteroatoms. The van der Waals surface area contributed by atoms with Crippen LogP contribution in [0.25, 0.3) is 11.0 Å². The number of aromatic nitrogens is 2. The van der Waals surface area contributed by atoms with Gasteiger partial charge in [0.05, 0.1) is 16.6 Å². The van der Waals surface area contributed by atoms with Gasteiger partial charge in [0.2, 0.25) is 0 Å². The number of aromatic amines is 1. The van der Waals surface area contributed by atoms with Gasteiger partial charge in [0, 0.05) is 5.69 Å². The minimum Gasteiger partial charge on any atom is -0.398 e. The number of anilines is 1. The summed E-state index contributed by atoms with van der Waals surface area (Å²) >= 11 is 0. The first-order chi connectivity index (χ1) is 10.9. The number of nitrogen functional groups attached to an aromatic ring is 1. The Morgan fingerprint density at radius 2 is 1.96 bits per heavy atom. The van der Waals surface area contributed by atoms with Crippen LogP contribution in [0.15, 0.2) is 46.1 Å². The molecule has 3 rings (SSSR count). The molecule has 1 aromatic heterocycles. The number of nitriles is 1. The number of hydrogen-bond acceptors (Lipinski definition) is 5. The predicted molar refractivity (Wildman–Crippen MR) is 85.4 cm³/mol. The number of hydrogen-bond donors (Lipinski definition) is 2. The van der Waals surface area contributed by atoms with Gasteiger partial charge in [-0.25, -0.2) is 13.2 Å². The molecule has 0 amide bonds. The van der Waals surface area contributed by atoms with Crippen LogP contribution in [0.4, 0.5) is 5.69 Å². The SMILES string of the molecule is Cc1cc2[nH]c(=O)n(S(=O)(=O)c3ccccc3C#N)c2cc1N. The maximum atomic E-state index is 12.9. The quantitative estimate of drug-likeness (QED) is 0.687. The molecule has 0 unspecified atom stereocenters. The molecule has 0 saturated carbocycles. The maximum absolute atomic E-state index is 12.9. The van der Waals surface area contributed by atoms with E-state index in [1.807, 2.05) is 6.07 Å². The topological polar surface area (TPSA) is 122 Å². The van der Waals surface area contributed by atoms with E-state index in [-0.39, 0.29) is 16.0 Å². The number of H-pyrrole nitrogens is 1. The van der Waals surface area contributed by atoms with Gasteiger partial charge in [-0.1, -0.05) is 12.1 Å². The van der Waals surface area contributed by atoms with Gasteiger partial charge in [0.1, 0.15) is 11.0 Å². The van der Waals surface area contributed by atoms with Crippen LogP contribution >= 0.6 is 0 Å². The summed E-state index contributed by atoms with van der Waals surface area (Å²) in [6.07, 6.45) is 0. The van der Waals surface area contributed by atoms with Crippen molar-refractivity contribution in [2.45, 2.75) is 11.8 Å². The minimum absolute atomic E-state index is 0.0335. The van der Waals surface area contributed by atoms with Crippen molar-refractivity contribution in [3.05, 3.63) is 58.0 Å². The van der Waals surface area contributed by atoms with Crippen molar-refractivity contribution in [2.75, 3.05) is 5.73 Å². The molecule has 0 atom stereocenters. The Bertz CT molecular complexity index is 1130. The summed E-state index contributed by atoms with van der Waals surface area (Å²) in [5.41, 5.74) is 6.58. The van der Waals surface area contributed by atoms with E-state index in [1.165, 1.54) is 24.3 Å². The predicted octanol–water partition coefficient (Wildman–Crippen LogP) is 1.33. The fourth-order valence-corrected chi connectivity index (χ4v) is 3.89. The summed E-state index contributed by atoms with van der Waals surface area (Å²) in [7, 11) is -4.23. The largest absolute Gasteiger partial charge is 0.398 e. The van der Waals surface area contributed by atoms with E-state index in [2.05, 4.69) is 4.98 Å². The third-order valence-electron chi connectivity index (χ3n) is 3.55. The zero-order chi connectivity index (χ0) is 16.8. The molecule has 0 aliphatic rings. The molecule has 0 saturated heterocycles. The van der Waals surface area contributed by atoms with E-state index in [9.17, 15) is 13.2 Å². The summed E-state index contributed by atoms with van der Waals surface area (Å²) < 4.78 is 26.3. The lowest BCUT2D eigenvalue weighted by Crippen LogP contribution is -2.25. The van der Waals surface area contributed by atoms with Gasteiger partial charge in [-0.15, -0.1) is 0 Å². The molecule has 0 bridgehead atoms. The van der Waals surface area contributed by atoms with Gasteiger partial charge in [-0.05, 0) is 36.8 Å². The molecule has 116 valence electrons. The van der Waals surface area contributed by atoms with Crippen molar-refractivity contribution < 1.29 is 8.42 Å². The minimum atomic E-state index is -4.23. The van der Waals surface area contributed by atoms with Crippen LogP contribution in [0.2, 0.25) is 0 Å². The van der Waals surface area contributed by atoms with Gasteiger partial charge < -0.3 is 10.7 Å². The van der Waals surface area contributed by atoms with Crippen molar-refractivity contribution >= 4 is 26.7 Å². The number of rotatable bonds is 2. The van der Waals surface area contributed by atoms with Crippen LogP contribution in [0, 0.1) is 18.3 Å². The normalized spacial score (nSPS) is 11.5. The highest BCUT2D eigenvalue weighted by molar-refractivity contribution is 7.90. The smallest absolute Gasteiger partial charge is 0.340 e. The van der Waals surface area contributed by atoms with Gasteiger partial charge in [0.15, 0.2) is 0 Å². The van der Waals surface area contributed by atoms with Crippen LogP contribution < -0.4 is 11.4 Å². The first-order valence-electron chi connectivity index (χ1n) is 6.62. The fraction of sp³-hybridized carbons (Fsp3) is 0.0667. The van der Waals surface area contributed by atoms with Crippen molar-refractivity contribution in [1.82, 2.24) is 8.96 Å². The lowest BCUT2D eigenvalue weighted by atomic mass is 10.2. The van der Waals surface area contributed by atoms with E-state index >= 15 is 0 Å². The monoisotopic (exact) mass is 328 g/mol. The molecule has 0 fully saturated rings. The summed E-state index contributed by atoms with van der Waals surface area (Å²) in [6, 6.07) is 10.6. The number of imidazole rings is 1. The number of nitrogens with zero attached hydrogens (tertiary/aromatic N) is 2. The molecule has 7 nitrogen and oxygen atoms in total. The zero-order valence-electron chi connectivity index (χ0n) is 12.1. The van der Waals surface area contributed by atoms with E-state index in [1.54, 1.807) is 19.1 Å². The fourth-order valence-electron chi connectivity index (χ4n) is 2.38. The Balaban J connectivity index is 2.41. The highest BCUT2D eigenvalue weighted by atomic mass is 32.2. The Labute approximate surface area is 131 Å². The first kappa shape index (κ1) is 14.9. The average Bonchev–Trinajstić information content (AvgIpc) is 2.83. The van der Waals surface area contributed by atoms with E-state index in [4.69, 9.17) is 11.0 Å². The summed E-state index contributed by atoms with van der Waals surface area (Å²) in [5.74, 6) is 0. The van der Waals surface area contributed by atoms with Crippen LogP contribution in [-0.4, -0.2) is 17.4 Å². The number of nitrogens with two attached hydrogens (primary N) is 1. The summed E-state index contributed by atoms with van der Waals surface area (Å²) in [6.45, 7) is 1.75. The second-order valence-corrected chi connectivity index (χ2v) is 6.79. The summed E-state index contributed by atoms with van der Waals surface area (Å²) in [5, 5.41) is 9.11. The number of fused-ring (bicyclic) bond motifs is 1. The molecule has 2 aromatic carbocycles. The molecule has 0 spiro atoms. The molecule has 3 N–H and O–H groups in total. The lowest BCUT2D eigenvalue weighted by molar-refractivity contribution is 0.587. The van der Waals surface area contributed by atoms with Crippen LogP contribution in [0.3, 0.4) is 0 Å². The number of benzene rings is 2. The van der Waals surface area contributed by atoms with E-state index in [0.717, 1.165) is 5.56 Å². The van der Waals surface area contributed by atoms with Crippen molar-refractivity contribution in [3.8, 4) is 6.07 Å². The van der Waals surface area contributed by atoms with Gasteiger partial charge in [-0.3, -0.25) is 0 Å². The van der Waals surface area contributed by atoms with Gasteiger partial charge >= 0.3 is 5.69 Å². The molecule has 3 aromatic rings. The van der Waals surface area contributed by atoms with Crippen molar-refractivity contribution in [2.24, 2.45) is 0 Å². The Hall–Kier alpha value is -3.05. The van der Waals surface area contributed by atoms with Crippen molar-refractivity contribution in [3.63, 3.8) is 0 Å². The third-order valence-corrected chi connectivity index (χ3v) is 5.31. The molecular formula is C15H12N4O3S. The second kappa shape index (κ2) is 5.00. The van der Waals surface area contributed by atoms with Crippen LogP contribution in [0.5, 0.6) is 0 Å². The van der Waals surface area contributed by atoms with E-state index in [0.29, 0.717) is 15.2 Å². The highest BCUT2D eigenvalue weighted by Crippen LogP contribution is 2.24. The molecule has 0 radical (unpaired) electrons.